The number of amides is 1. The minimum absolute atomic E-state index is 0.103. The Labute approximate surface area is 169 Å². The predicted molar refractivity (Wildman–Crippen MR) is 110 cm³/mol. The molecule has 144 valence electrons. The first-order valence-electron chi connectivity index (χ1n) is 9.37. The van der Waals surface area contributed by atoms with Gasteiger partial charge in [-0.2, -0.15) is 0 Å². The van der Waals surface area contributed by atoms with Crippen molar-refractivity contribution in [3.8, 4) is 0 Å². The van der Waals surface area contributed by atoms with E-state index in [1.54, 1.807) is 36.5 Å². The molecule has 1 atom stereocenters. The molecule has 0 bridgehead atoms. The van der Waals surface area contributed by atoms with Gasteiger partial charge in [0.2, 0.25) is 0 Å². The van der Waals surface area contributed by atoms with E-state index in [1.165, 1.54) is 4.90 Å². The van der Waals surface area contributed by atoms with Crippen LogP contribution in [0.15, 0.2) is 84.6 Å². The number of likely N-dealkylation sites (tertiary alicyclic amines) is 1. The van der Waals surface area contributed by atoms with Crippen molar-refractivity contribution >= 4 is 17.4 Å². The Morgan fingerprint density at radius 3 is 2.34 bits per heavy atom. The molecule has 3 aromatic rings. The van der Waals surface area contributed by atoms with Crippen LogP contribution in [0.5, 0.6) is 0 Å². The number of nitrogens with zero attached hydrogens (tertiary/aromatic N) is 2. The molecule has 5 heteroatoms. The number of Topliss-reactive ketones (excluding diaryl/α,β-unsaturated/α-hetero) is 1. The van der Waals surface area contributed by atoms with Crippen molar-refractivity contribution in [3.63, 3.8) is 0 Å². The number of carbonyl (C=O) groups excluding carboxylic acids is 2. The number of carbonyl (C=O) groups is 2. The van der Waals surface area contributed by atoms with Gasteiger partial charge in [-0.25, -0.2) is 0 Å². The zero-order chi connectivity index (χ0) is 20.4. The summed E-state index contributed by atoms with van der Waals surface area (Å²) in [5.74, 6) is -1.49. The first-order valence-corrected chi connectivity index (χ1v) is 9.37. The van der Waals surface area contributed by atoms with E-state index >= 15 is 0 Å². The molecule has 29 heavy (non-hydrogen) atoms. The highest BCUT2D eigenvalue weighted by Crippen LogP contribution is 2.41. The standard InChI is InChI=1S/C24H20N2O3/c1-16-9-5-6-13-19(16)21-20(22(27)17-10-3-2-4-11-17)23(28)24(29)26(21)15-18-12-7-8-14-25-18/h2-14,21,27H,15H2,1H3/b22-20+. The van der Waals surface area contributed by atoms with Crippen LogP contribution in [-0.2, 0) is 16.1 Å². The van der Waals surface area contributed by atoms with Gasteiger partial charge in [-0.1, -0.05) is 60.7 Å². The number of pyridine rings is 1. The van der Waals surface area contributed by atoms with E-state index in [2.05, 4.69) is 4.98 Å². The molecule has 0 aliphatic carbocycles. The van der Waals surface area contributed by atoms with Gasteiger partial charge in [0.1, 0.15) is 5.76 Å². The van der Waals surface area contributed by atoms with E-state index in [0.29, 0.717) is 11.3 Å². The van der Waals surface area contributed by atoms with E-state index in [0.717, 1.165) is 11.1 Å². The Kier molecular flexibility index (Phi) is 4.96. The van der Waals surface area contributed by atoms with Crippen LogP contribution < -0.4 is 0 Å². The minimum atomic E-state index is -0.685. The molecule has 2 aromatic carbocycles. The maximum absolute atomic E-state index is 13.0. The van der Waals surface area contributed by atoms with E-state index in [9.17, 15) is 14.7 Å². The van der Waals surface area contributed by atoms with Gasteiger partial charge >= 0.3 is 0 Å². The van der Waals surface area contributed by atoms with Gasteiger partial charge in [0.05, 0.1) is 23.9 Å². The van der Waals surface area contributed by atoms with Crippen LogP contribution in [-0.4, -0.2) is 26.7 Å². The van der Waals surface area contributed by atoms with Crippen molar-refractivity contribution < 1.29 is 14.7 Å². The van der Waals surface area contributed by atoms with Crippen molar-refractivity contribution in [3.05, 3.63) is 107 Å². The third-order valence-electron chi connectivity index (χ3n) is 5.13. The molecule has 1 amide bonds. The number of aromatic nitrogens is 1. The van der Waals surface area contributed by atoms with Gasteiger partial charge in [-0.15, -0.1) is 0 Å². The molecule has 2 heterocycles. The van der Waals surface area contributed by atoms with Crippen molar-refractivity contribution in [2.24, 2.45) is 0 Å². The third-order valence-corrected chi connectivity index (χ3v) is 5.13. The maximum Gasteiger partial charge on any atom is 0.296 e. The fourth-order valence-corrected chi connectivity index (χ4v) is 3.68. The zero-order valence-corrected chi connectivity index (χ0v) is 15.9. The molecule has 1 aliphatic rings. The zero-order valence-electron chi connectivity index (χ0n) is 15.9. The normalized spacial score (nSPS) is 18.2. The molecule has 0 spiro atoms. The smallest absolute Gasteiger partial charge is 0.296 e. The van der Waals surface area contributed by atoms with Gasteiger partial charge in [-0.3, -0.25) is 14.6 Å². The number of hydrogen-bond acceptors (Lipinski definition) is 4. The highest BCUT2D eigenvalue weighted by Gasteiger charge is 2.46. The van der Waals surface area contributed by atoms with Crippen LogP contribution >= 0.6 is 0 Å². The second kappa shape index (κ2) is 7.72. The molecule has 1 aliphatic heterocycles. The number of rotatable bonds is 4. The van der Waals surface area contributed by atoms with Crippen molar-refractivity contribution in [2.75, 3.05) is 0 Å². The Hall–Kier alpha value is -3.73. The molecule has 0 radical (unpaired) electrons. The van der Waals surface area contributed by atoms with Crippen LogP contribution in [0, 0.1) is 6.92 Å². The Balaban J connectivity index is 1.89. The first kappa shape index (κ1) is 18.6. The fraction of sp³-hybridized carbons (Fsp3) is 0.125. The average Bonchev–Trinajstić information content (AvgIpc) is 3.00. The Morgan fingerprint density at radius 2 is 1.66 bits per heavy atom. The molecule has 4 rings (SSSR count). The second-order valence-electron chi connectivity index (χ2n) is 6.97. The molecule has 1 saturated heterocycles. The molecule has 5 nitrogen and oxygen atoms in total. The fourth-order valence-electron chi connectivity index (χ4n) is 3.68. The minimum Gasteiger partial charge on any atom is -0.507 e. The summed E-state index contributed by atoms with van der Waals surface area (Å²) in [6, 6.07) is 21.2. The van der Waals surface area contributed by atoms with E-state index in [4.69, 9.17) is 0 Å². The Morgan fingerprint density at radius 1 is 0.966 bits per heavy atom. The van der Waals surface area contributed by atoms with Crippen LogP contribution in [0.3, 0.4) is 0 Å². The summed E-state index contributed by atoms with van der Waals surface area (Å²) in [5.41, 5.74) is 3.02. The topological polar surface area (TPSA) is 70.5 Å². The molecule has 1 fully saturated rings. The number of aliphatic hydroxyl groups excluding tert-OH is 1. The molecule has 1 aromatic heterocycles. The Bertz CT molecular complexity index is 1090. The van der Waals surface area contributed by atoms with Gasteiger partial charge in [-0.05, 0) is 30.2 Å². The van der Waals surface area contributed by atoms with Crippen LogP contribution in [0.2, 0.25) is 0 Å². The number of ketones is 1. The SMILES string of the molecule is Cc1ccccc1C1/C(=C(\O)c2ccccc2)C(=O)C(=O)N1Cc1ccccn1. The van der Waals surface area contributed by atoms with E-state index in [1.807, 2.05) is 49.4 Å². The lowest BCUT2D eigenvalue weighted by Crippen LogP contribution is -2.29. The summed E-state index contributed by atoms with van der Waals surface area (Å²) in [4.78, 5) is 31.7. The number of aliphatic hydroxyl groups is 1. The predicted octanol–water partition coefficient (Wildman–Crippen LogP) is 4.01. The highest BCUT2D eigenvalue weighted by molar-refractivity contribution is 6.46. The molecular formula is C24H20N2O3. The summed E-state index contributed by atoms with van der Waals surface area (Å²) in [6.45, 7) is 2.11. The summed E-state index contributed by atoms with van der Waals surface area (Å²) >= 11 is 0. The van der Waals surface area contributed by atoms with Crippen LogP contribution in [0.25, 0.3) is 5.76 Å². The molecule has 1 unspecified atom stereocenters. The number of benzene rings is 2. The lowest BCUT2D eigenvalue weighted by atomic mass is 9.92. The van der Waals surface area contributed by atoms with Crippen molar-refractivity contribution in [1.82, 2.24) is 9.88 Å². The van der Waals surface area contributed by atoms with Gasteiger partial charge in [0.25, 0.3) is 11.7 Å². The van der Waals surface area contributed by atoms with Crippen LogP contribution in [0.1, 0.15) is 28.4 Å². The van der Waals surface area contributed by atoms with Crippen LogP contribution in [0.4, 0.5) is 0 Å². The maximum atomic E-state index is 13.0. The number of hydrogen-bond donors (Lipinski definition) is 1. The molecule has 0 saturated carbocycles. The summed E-state index contributed by atoms with van der Waals surface area (Å²) in [5, 5.41) is 11.0. The summed E-state index contributed by atoms with van der Waals surface area (Å²) in [7, 11) is 0. The van der Waals surface area contributed by atoms with E-state index < -0.39 is 17.7 Å². The largest absolute Gasteiger partial charge is 0.507 e. The summed E-state index contributed by atoms with van der Waals surface area (Å²) in [6.07, 6.45) is 1.65. The lowest BCUT2D eigenvalue weighted by molar-refractivity contribution is -0.140. The number of aryl methyl sites for hydroxylation is 1. The van der Waals surface area contributed by atoms with Gasteiger partial charge in [0, 0.05) is 11.8 Å². The van der Waals surface area contributed by atoms with Gasteiger partial charge < -0.3 is 10.0 Å². The van der Waals surface area contributed by atoms with Crippen molar-refractivity contribution in [2.45, 2.75) is 19.5 Å². The average molecular weight is 384 g/mol. The summed E-state index contributed by atoms with van der Waals surface area (Å²) < 4.78 is 0. The first-order chi connectivity index (χ1) is 14.1. The van der Waals surface area contributed by atoms with Gasteiger partial charge in [0.15, 0.2) is 0 Å². The van der Waals surface area contributed by atoms with E-state index in [-0.39, 0.29) is 17.9 Å². The van der Waals surface area contributed by atoms with Crippen molar-refractivity contribution in [1.29, 1.82) is 0 Å². The lowest BCUT2D eigenvalue weighted by Gasteiger charge is -2.26. The second-order valence-corrected chi connectivity index (χ2v) is 6.97. The third kappa shape index (κ3) is 3.43. The highest BCUT2D eigenvalue weighted by atomic mass is 16.3. The molecule has 1 N–H and O–H groups in total. The quantitative estimate of drug-likeness (QED) is 0.419. The molecular weight excluding hydrogens is 364 g/mol. The monoisotopic (exact) mass is 384 g/mol.